The van der Waals surface area contributed by atoms with Crippen molar-refractivity contribution < 1.29 is 8.42 Å². The van der Waals surface area contributed by atoms with E-state index in [4.69, 9.17) is 0 Å². The molecule has 0 unspecified atom stereocenters. The van der Waals surface area contributed by atoms with E-state index in [0.717, 1.165) is 58.2 Å². The number of benzene rings is 1. The van der Waals surface area contributed by atoms with Crippen LogP contribution in [0.4, 0.5) is 0 Å². The van der Waals surface area contributed by atoms with Crippen LogP contribution in [-0.4, -0.2) is 37.7 Å². The van der Waals surface area contributed by atoms with Gasteiger partial charge in [0.2, 0.25) is 0 Å². The fraction of sp³-hybridized carbons (Fsp3) is 0.619. The third-order valence-electron chi connectivity index (χ3n) is 6.24. The van der Waals surface area contributed by atoms with Crippen molar-refractivity contribution in [2.45, 2.75) is 68.4 Å². The number of hydrogen-bond acceptors (Lipinski definition) is 3. The minimum Gasteiger partial charge on any atom is -0.299 e. The van der Waals surface area contributed by atoms with Crippen molar-refractivity contribution in [2.24, 2.45) is 0 Å². The van der Waals surface area contributed by atoms with Crippen LogP contribution < -0.4 is 0 Å². The van der Waals surface area contributed by atoms with Gasteiger partial charge in [-0.25, -0.2) is 8.42 Å². The van der Waals surface area contributed by atoms with Crippen molar-refractivity contribution in [1.82, 2.24) is 4.90 Å². The van der Waals surface area contributed by atoms with Crippen LogP contribution in [0.1, 0.15) is 58.8 Å². The van der Waals surface area contributed by atoms with Crippen LogP contribution in [0.3, 0.4) is 0 Å². The lowest BCUT2D eigenvalue weighted by atomic mass is 9.80. The number of rotatable bonds is 7. The molecule has 0 aromatic heterocycles. The fourth-order valence-electron chi connectivity index (χ4n) is 4.14. The zero-order valence-electron chi connectivity index (χ0n) is 15.6. The van der Waals surface area contributed by atoms with Gasteiger partial charge in [0.15, 0.2) is 9.84 Å². The molecule has 3 nitrogen and oxygen atoms in total. The second-order valence-electron chi connectivity index (χ2n) is 7.90. The molecule has 0 bridgehead atoms. The third kappa shape index (κ3) is 3.85. The second-order valence-corrected chi connectivity index (χ2v) is 10.2. The van der Waals surface area contributed by atoms with Gasteiger partial charge in [-0.2, -0.15) is 0 Å². The van der Waals surface area contributed by atoms with Gasteiger partial charge in [-0.05, 0) is 64.6 Å². The maximum Gasteiger partial charge on any atom is 0.184 e. The topological polar surface area (TPSA) is 37.4 Å². The summed E-state index contributed by atoms with van der Waals surface area (Å²) in [5.74, 6) is 0. The molecule has 1 aromatic rings. The number of unbranched alkanes of at least 4 members (excludes halogenated alkanes) is 1. The van der Waals surface area contributed by atoms with E-state index in [0.29, 0.717) is 4.90 Å². The first-order valence-electron chi connectivity index (χ1n) is 9.62. The van der Waals surface area contributed by atoms with E-state index in [9.17, 15) is 8.42 Å². The molecule has 0 saturated heterocycles. The van der Waals surface area contributed by atoms with Crippen molar-refractivity contribution in [3.63, 3.8) is 0 Å². The molecule has 138 valence electrons. The van der Waals surface area contributed by atoms with Crippen LogP contribution in [0.2, 0.25) is 0 Å². The summed E-state index contributed by atoms with van der Waals surface area (Å²) < 4.78 is 25.7. The Kier molecular flexibility index (Phi) is 5.69. The molecule has 4 heteroatoms. The largest absolute Gasteiger partial charge is 0.299 e. The zero-order valence-corrected chi connectivity index (χ0v) is 16.4. The zero-order chi connectivity index (χ0) is 17.9. The van der Waals surface area contributed by atoms with Crippen molar-refractivity contribution in [3.8, 4) is 0 Å². The van der Waals surface area contributed by atoms with E-state index in [1.807, 2.05) is 18.2 Å². The molecule has 0 spiro atoms. The van der Waals surface area contributed by atoms with E-state index >= 15 is 0 Å². The lowest BCUT2D eigenvalue weighted by Crippen LogP contribution is -2.45. The van der Waals surface area contributed by atoms with Crippen molar-refractivity contribution >= 4 is 9.84 Å². The molecule has 1 saturated carbocycles. The van der Waals surface area contributed by atoms with Crippen molar-refractivity contribution in [3.05, 3.63) is 41.5 Å². The summed E-state index contributed by atoms with van der Waals surface area (Å²) in [4.78, 5) is 3.02. The van der Waals surface area contributed by atoms with Crippen LogP contribution in [0.15, 0.2) is 46.4 Å². The Hall–Kier alpha value is -1.13. The summed E-state index contributed by atoms with van der Waals surface area (Å²) in [7, 11) is -3.21. The first kappa shape index (κ1) is 18.7. The maximum absolute atomic E-state index is 13.1. The molecule has 1 aliphatic carbocycles. The Morgan fingerprint density at radius 2 is 1.76 bits per heavy atom. The van der Waals surface area contributed by atoms with Gasteiger partial charge in [0.25, 0.3) is 0 Å². The van der Waals surface area contributed by atoms with Gasteiger partial charge >= 0.3 is 0 Å². The van der Waals surface area contributed by atoms with Gasteiger partial charge in [-0.3, -0.25) is 4.90 Å². The number of hydrogen-bond donors (Lipinski definition) is 0. The lowest BCUT2D eigenvalue weighted by molar-refractivity contribution is 0.263. The highest BCUT2D eigenvalue weighted by Crippen LogP contribution is 2.46. The Labute approximate surface area is 153 Å². The standard InChI is InChI=1S/C21H31NO2S/c1-18-11-16-22(17-19(18)2)15-7-6-12-21(13-8-14-21)25(23,24)20-9-4-3-5-10-20/h3-5,9-10H,6-8,11-17H2,1-2H3. The molecule has 1 aliphatic heterocycles. The van der Waals surface area contributed by atoms with Gasteiger partial charge in [0.05, 0.1) is 9.64 Å². The molecule has 0 radical (unpaired) electrons. The molecular formula is C21H31NO2S. The molecule has 3 rings (SSSR count). The van der Waals surface area contributed by atoms with E-state index in [1.165, 1.54) is 12.0 Å². The minimum atomic E-state index is -3.21. The Balaban J connectivity index is 1.55. The molecule has 0 amide bonds. The summed E-state index contributed by atoms with van der Waals surface area (Å²) in [5.41, 5.74) is 3.05. The summed E-state index contributed by atoms with van der Waals surface area (Å²) in [6, 6.07) is 9.03. The van der Waals surface area contributed by atoms with E-state index in [1.54, 1.807) is 17.7 Å². The average Bonchev–Trinajstić information content (AvgIpc) is 2.57. The molecule has 1 fully saturated rings. The summed E-state index contributed by atoms with van der Waals surface area (Å²) in [5, 5.41) is 0. The van der Waals surface area contributed by atoms with Gasteiger partial charge in [0, 0.05) is 13.1 Å². The Bertz CT molecular complexity index is 718. The van der Waals surface area contributed by atoms with E-state index in [2.05, 4.69) is 18.7 Å². The number of sulfone groups is 1. The predicted octanol–water partition coefficient (Wildman–Crippen LogP) is 4.60. The lowest BCUT2D eigenvalue weighted by Gasteiger charge is -2.41. The fourth-order valence-corrected chi connectivity index (χ4v) is 6.39. The van der Waals surface area contributed by atoms with Gasteiger partial charge in [-0.1, -0.05) is 42.2 Å². The molecule has 1 aromatic carbocycles. The molecule has 25 heavy (non-hydrogen) atoms. The van der Waals surface area contributed by atoms with Crippen molar-refractivity contribution in [1.29, 1.82) is 0 Å². The molecular weight excluding hydrogens is 330 g/mol. The Morgan fingerprint density at radius 1 is 1.04 bits per heavy atom. The first-order chi connectivity index (χ1) is 11.9. The summed E-state index contributed by atoms with van der Waals surface area (Å²) >= 11 is 0. The Morgan fingerprint density at radius 3 is 2.36 bits per heavy atom. The molecule has 0 atom stereocenters. The van der Waals surface area contributed by atoms with Crippen LogP contribution in [0.5, 0.6) is 0 Å². The second kappa shape index (κ2) is 7.63. The summed E-state index contributed by atoms with van der Waals surface area (Å²) in [6.07, 6.45) is 6.79. The van der Waals surface area contributed by atoms with Crippen LogP contribution >= 0.6 is 0 Å². The highest BCUT2D eigenvalue weighted by atomic mass is 32.2. The summed E-state index contributed by atoms with van der Waals surface area (Å²) in [6.45, 7) is 7.79. The van der Waals surface area contributed by atoms with Crippen LogP contribution in [-0.2, 0) is 9.84 Å². The molecule has 2 aliphatic rings. The van der Waals surface area contributed by atoms with Crippen molar-refractivity contribution in [2.75, 3.05) is 19.6 Å². The highest BCUT2D eigenvalue weighted by molar-refractivity contribution is 7.93. The molecule has 0 N–H and O–H groups in total. The van der Waals surface area contributed by atoms with E-state index < -0.39 is 14.6 Å². The average molecular weight is 362 g/mol. The normalized spacial score (nSPS) is 21.2. The quantitative estimate of drug-likeness (QED) is 0.526. The number of nitrogens with zero attached hydrogens (tertiary/aromatic N) is 1. The van der Waals surface area contributed by atoms with Gasteiger partial charge in [0.1, 0.15) is 0 Å². The maximum atomic E-state index is 13.1. The van der Waals surface area contributed by atoms with Crippen LogP contribution in [0.25, 0.3) is 0 Å². The molecule has 1 heterocycles. The predicted molar refractivity (Wildman–Crippen MR) is 103 cm³/mol. The smallest absolute Gasteiger partial charge is 0.184 e. The van der Waals surface area contributed by atoms with Gasteiger partial charge < -0.3 is 0 Å². The third-order valence-corrected chi connectivity index (χ3v) is 8.88. The SMILES string of the molecule is CC1=C(C)CN(CCCCC2(S(=O)(=O)c3ccccc3)CCC2)CC1. The minimum absolute atomic E-state index is 0.497. The monoisotopic (exact) mass is 361 g/mol. The van der Waals surface area contributed by atoms with E-state index in [-0.39, 0.29) is 0 Å². The first-order valence-corrected chi connectivity index (χ1v) is 11.1. The van der Waals surface area contributed by atoms with Crippen LogP contribution in [0, 0.1) is 0 Å². The van der Waals surface area contributed by atoms with Gasteiger partial charge in [-0.15, -0.1) is 0 Å². The highest BCUT2D eigenvalue weighted by Gasteiger charge is 2.48.